The Morgan fingerprint density at radius 2 is 1.84 bits per heavy atom. The molecule has 0 saturated carbocycles. The van der Waals surface area contributed by atoms with E-state index in [0.29, 0.717) is 29.9 Å². The topological polar surface area (TPSA) is 76.6 Å². The lowest BCUT2D eigenvalue weighted by atomic mass is 9.94. The minimum atomic E-state index is -0.827. The number of likely N-dealkylation sites (tertiary alicyclic amines) is 2. The third-order valence-corrected chi connectivity index (χ3v) is 6.48. The smallest absolute Gasteiger partial charge is 0.295 e. The van der Waals surface area contributed by atoms with Gasteiger partial charge in [0.25, 0.3) is 11.7 Å². The Morgan fingerprint density at radius 1 is 1.13 bits per heavy atom. The van der Waals surface area contributed by atoms with Gasteiger partial charge in [0, 0.05) is 30.0 Å². The predicted octanol–water partition coefficient (Wildman–Crippen LogP) is 3.60. The predicted molar refractivity (Wildman–Crippen MR) is 116 cm³/mol. The number of carbonyl (C=O) groups excluding carboxylic acids is 2. The largest absolute Gasteiger partial charge is 0.507 e. The summed E-state index contributed by atoms with van der Waals surface area (Å²) >= 11 is 0. The number of carbonyl (C=O) groups is 2. The summed E-state index contributed by atoms with van der Waals surface area (Å²) in [5, 5.41) is 11.2. The summed E-state index contributed by atoms with van der Waals surface area (Å²) in [5.41, 5.74) is 3.43. The molecule has 2 aliphatic rings. The zero-order valence-corrected chi connectivity index (χ0v) is 18.2. The van der Waals surface area contributed by atoms with Gasteiger partial charge in [-0.15, -0.1) is 0 Å². The fourth-order valence-corrected chi connectivity index (χ4v) is 4.79. The zero-order valence-electron chi connectivity index (χ0n) is 18.2. The Kier molecular flexibility index (Phi) is 5.71. The van der Waals surface area contributed by atoms with Gasteiger partial charge in [-0.05, 0) is 70.0 Å². The van der Waals surface area contributed by atoms with E-state index in [-0.39, 0.29) is 11.3 Å². The van der Waals surface area contributed by atoms with Gasteiger partial charge in [0.1, 0.15) is 11.6 Å². The molecule has 1 atom stereocenters. The van der Waals surface area contributed by atoms with Gasteiger partial charge < -0.3 is 19.9 Å². The van der Waals surface area contributed by atoms with E-state index >= 15 is 0 Å². The van der Waals surface area contributed by atoms with Crippen molar-refractivity contribution in [3.8, 4) is 0 Å². The molecule has 1 amide bonds. The molecule has 1 aromatic carbocycles. The lowest BCUT2D eigenvalue weighted by Gasteiger charge is -2.27. The number of rotatable bonds is 5. The van der Waals surface area contributed by atoms with E-state index in [9.17, 15) is 19.1 Å². The maximum Gasteiger partial charge on any atom is 0.295 e. The molecule has 2 saturated heterocycles. The number of aryl methyl sites for hydroxylation is 2. The monoisotopic (exact) mass is 425 g/mol. The van der Waals surface area contributed by atoms with Crippen molar-refractivity contribution in [1.29, 1.82) is 0 Å². The number of aliphatic hydroxyl groups excluding tert-OH is 1. The molecule has 2 fully saturated rings. The van der Waals surface area contributed by atoms with Crippen LogP contribution in [-0.4, -0.2) is 57.8 Å². The summed E-state index contributed by atoms with van der Waals surface area (Å²) in [6.45, 7) is 8.47. The molecule has 164 valence electrons. The summed E-state index contributed by atoms with van der Waals surface area (Å²) in [7, 11) is 0. The van der Waals surface area contributed by atoms with Crippen LogP contribution < -0.4 is 0 Å². The molecule has 6 nitrogen and oxygen atoms in total. The molecule has 2 aliphatic heterocycles. The van der Waals surface area contributed by atoms with Crippen LogP contribution in [0.25, 0.3) is 5.76 Å². The highest BCUT2D eigenvalue weighted by atomic mass is 19.1. The van der Waals surface area contributed by atoms with Crippen molar-refractivity contribution in [3.63, 3.8) is 0 Å². The van der Waals surface area contributed by atoms with E-state index in [0.717, 1.165) is 37.2 Å². The van der Waals surface area contributed by atoms with Crippen LogP contribution in [0.5, 0.6) is 0 Å². The molecule has 31 heavy (non-hydrogen) atoms. The molecule has 2 aromatic rings. The third-order valence-electron chi connectivity index (χ3n) is 6.48. The molecular formula is C24H28FN3O3. The normalized spacial score (nSPS) is 21.4. The van der Waals surface area contributed by atoms with E-state index in [1.807, 2.05) is 20.8 Å². The van der Waals surface area contributed by atoms with E-state index in [4.69, 9.17) is 0 Å². The number of hydrogen-bond acceptors (Lipinski definition) is 4. The van der Waals surface area contributed by atoms with Gasteiger partial charge in [-0.3, -0.25) is 9.59 Å². The summed E-state index contributed by atoms with van der Waals surface area (Å²) in [4.78, 5) is 33.0. The fraction of sp³-hybridized carbons (Fsp3) is 0.417. The number of hydrogen-bond donors (Lipinski definition) is 2. The van der Waals surface area contributed by atoms with Crippen LogP contribution in [0.15, 0.2) is 29.8 Å². The van der Waals surface area contributed by atoms with Gasteiger partial charge in [-0.25, -0.2) is 4.39 Å². The standard InChI is InChI=1S/C24H28FN3O3/c1-14-15(2)26-16(3)19(14)22(29)20-21(17-7-6-8-18(25)13-17)28(24(31)23(20)30)12-11-27-9-4-5-10-27/h6-8,13,21,26,29H,4-5,9-12H2,1-3H3/b22-20+. The highest BCUT2D eigenvalue weighted by molar-refractivity contribution is 6.46. The molecule has 3 heterocycles. The number of aromatic amines is 1. The van der Waals surface area contributed by atoms with Crippen molar-refractivity contribution in [2.75, 3.05) is 26.2 Å². The molecule has 1 unspecified atom stereocenters. The molecule has 0 spiro atoms. The van der Waals surface area contributed by atoms with E-state index in [2.05, 4.69) is 9.88 Å². The third kappa shape index (κ3) is 3.78. The second-order valence-corrected chi connectivity index (χ2v) is 8.47. The van der Waals surface area contributed by atoms with Gasteiger partial charge in [0.2, 0.25) is 0 Å². The molecule has 1 aromatic heterocycles. The van der Waals surface area contributed by atoms with Gasteiger partial charge in [-0.1, -0.05) is 12.1 Å². The van der Waals surface area contributed by atoms with Crippen molar-refractivity contribution in [2.24, 2.45) is 0 Å². The van der Waals surface area contributed by atoms with Gasteiger partial charge >= 0.3 is 0 Å². The van der Waals surface area contributed by atoms with Crippen LogP contribution in [-0.2, 0) is 9.59 Å². The number of nitrogens with one attached hydrogen (secondary N) is 1. The van der Waals surface area contributed by atoms with Crippen LogP contribution in [0.3, 0.4) is 0 Å². The first-order valence-electron chi connectivity index (χ1n) is 10.7. The summed E-state index contributed by atoms with van der Waals surface area (Å²) in [6.07, 6.45) is 2.25. The Bertz CT molecular complexity index is 1070. The minimum absolute atomic E-state index is 0.0159. The number of halogens is 1. The number of ketones is 1. The first-order chi connectivity index (χ1) is 14.8. The highest BCUT2D eigenvalue weighted by Gasteiger charge is 2.46. The fourth-order valence-electron chi connectivity index (χ4n) is 4.79. The molecule has 0 radical (unpaired) electrons. The van der Waals surface area contributed by atoms with Gasteiger partial charge in [0.05, 0.1) is 11.6 Å². The second kappa shape index (κ2) is 8.30. The quantitative estimate of drug-likeness (QED) is 0.436. The van der Waals surface area contributed by atoms with E-state index < -0.39 is 23.5 Å². The van der Waals surface area contributed by atoms with Gasteiger partial charge in [-0.2, -0.15) is 0 Å². The first-order valence-corrected chi connectivity index (χ1v) is 10.7. The zero-order chi connectivity index (χ0) is 22.3. The Labute approximate surface area is 181 Å². The Hall–Kier alpha value is -2.93. The van der Waals surface area contributed by atoms with Crippen molar-refractivity contribution in [3.05, 3.63) is 63.7 Å². The van der Waals surface area contributed by atoms with Crippen molar-refractivity contribution in [2.45, 2.75) is 39.7 Å². The molecule has 4 rings (SSSR count). The van der Waals surface area contributed by atoms with Crippen LogP contribution in [0.1, 0.15) is 47.0 Å². The minimum Gasteiger partial charge on any atom is -0.507 e. The lowest BCUT2D eigenvalue weighted by Crippen LogP contribution is -2.37. The molecular weight excluding hydrogens is 397 g/mol. The number of Topliss-reactive ketones (excluding diaryl/α,β-unsaturated/α-hetero) is 1. The van der Waals surface area contributed by atoms with Crippen LogP contribution in [0.4, 0.5) is 4.39 Å². The molecule has 7 heteroatoms. The molecule has 0 aliphatic carbocycles. The van der Waals surface area contributed by atoms with Crippen molar-refractivity contribution >= 4 is 17.4 Å². The maximum absolute atomic E-state index is 14.1. The number of aromatic nitrogens is 1. The first kappa shape index (κ1) is 21.3. The average molecular weight is 426 g/mol. The second-order valence-electron chi connectivity index (χ2n) is 8.47. The van der Waals surface area contributed by atoms with E-state index in [1.165, 1.54) is 17.0 Å². The lowest BCUT2D eigenvalue weighted by molar-refractivity contribution is -0.140. The van der Waals surface area contributed by atoms with Crippen LogP contribution in [0.2, 0.25) is 0 Å². The summed E-state index contributed by atoms with van der Waals surface area (Å²) in [5.74, 6) is -2.05. The van der Waals surface area contributed by atoms with Gasteiger partial charge in [0.15, 0.2) is 0 Å². The Balaban J connectivity index is 1.82. The number of amides is 1. The number of aliphatic hydroxyl groups is 1. The maximum atomic E-state index is 14.1. The highest BCUT2D eigenvalue weighted by Crippen LogP contribution is 2.40. The number of benzene rings is 1. The summed E-state index contributed by atoms with van der Waals surface area (Å²) < 4.78 is 14.1. The average Bonchev–Trinajstić information content (AvgIpc) is 3.40. The van der Waals surface area contributed by atoms with Crippen molar-refractivity contribution < 1.29 is 19.1 Å². The van der Waals surface area contributed by atoms with Crippen LogP contribution in [0, 0.1) is 26.6 Å². The van der Waals surface area contributed by atoms with Crippen molar-refractivity contribution in [1.82, 2.24) is 14.8 Å². The molecule has 0 bridgehead atoms. The summed E-state index contributed by atoms with van der Waals surface area (Å²) in [6, 6.07) is 5.07. The van der Waals surface area contributed by atoms with Crippen LogP contribution >= 0.6 is 0 Å². The van der Waals surface area contributed by atoms with E-state index in [1.54, 1.807) is 12.1 Å². The number of nitrogens with zero attached hydrogens (tertiary/aromatic N) is 2. The SMILES string of the molecule is Cc1[nH]c(C)c(/C(O)=C2\C(=O)C(=O)N(CCN3CCCC3)C2c2cccc(F)c2)c1C. The molecule has 2 N–H and O–H groups in total. The number of H-pyrrole nitrogens is 1. The Morgan fingerprint density at radius 3 is 2.45 bits per heavy atom.